The number of rotatable bonds is 5. The molecular formula is C17H16ClNO3. The van der Waals surface area contributed by atoms with Crippen molar-refractivity contribution in [2.45, 2.75) is 12.5 Å². The van der Waals surface area contributed by atoms with E-state index in [0.717, 1.165) is 5.56 Å². The molecule has 3 rings (SSSR count). The van der Waals surface area contributed by atoms with Crippen LogP contribution in [-0.4, -0.2) is 24.6 Å². The third-order valence-electron chi connectivity index (χ3n) is 3.48. The number of fused-ring (bicyclic) bond motifs is 1. The van der Waals surface area contributed by atoms with Crippen LogP contribution in [0, 0.1) is 0 Å². The quantitative estimate of drug-likeness (QED) is 0.862. The first-order chi connectivity index (χ1) is 10.8. The second kappa shape index (κ2) is 6.71. The van der Waals surface area contributed by atoms with Crippen LogP contribution in [0.5, 0.6) is 11.5 Å². The molecule has 1 aliphatic heterocycles. The van der Waals surface area contributed by atoms with Crippen molar-refractivity contribution in [1.29, 1.82) is 0 Å². The molecule has 2 aromatic carbocycles. The fraction of sp³-hybridized carbons (Fsp3) is 0.235. The number of alkyl halides is 1. The number of amides is 1. The summed E-state index contributed by atoms with van der Waals surface area (Å²) in [7, 11) is 0. The van der Waals surface area contributed by atoms with Crippen LogP contribution in [0.15, 0.2) is 48.5 Å². The summed E-state index contributed by atoms with van der Waals surface area (Å²) >= 11 is 5.98. The second-order valence-electron chi connectivity index (χ2n) is 5.08. The van der Waals surface area contributed by atoms with E-state index in [9.17, 15) is 4.79 Å². The topological polar surface area (TPSA) is 47.6 Å². The van der Waals surface area contributed by atoms with Gasteiger partial charge in [0.15, 0.2) is 11.5 Å². The summed E-state index contributed by atoms with van der Waals surface area (Å²) in [4.78, 5) is 12.3. The summed E-state index contributed by atoms with van der Waals surface area (Å²) in [6.45, 7) is 0.193. The van der Waals surface area contributed by atoms with E-state index in [2.05, 4.69) is 5.32 Å². The van der Waals surface area contributed by atoms with Gasteiger partial charge in [-0.25, -0.2) is 0 Å². The first-order valence-electron chi connectivity index (χ1n) is 7.06. The predicted molar refractivity (Wildman–Crippen MR) is 84.7 cm³/mol. The molecule has 22 heavy (non-hydrogen) atoms. The number of hydrogen-bond donors (Lipinski definition) is 1. The van der Waals surface area contributed by atoms with Gasteiger partial charge in [-0.1, -0.05) is 30.3 Å². The Morgan fingerprint density at radius 2 is 1.91 bits per heavy atom. The second-order valence-corrected chi connectivity index (χ2v) is 5.39. The number of carbonyl (C=O) groups is 1. The lowest BCUT2D eigenvalue weighted by Crippen LogP contribution is -2.37. The van der Waals surface area contributed by atoms with Gasteiger partial charge in [-0.15, -0.1) is 11.6 Å². The van der Waals surface area contributed by atoms with Crippen molar-refractivity contribution < 1.29 is 14.3 Å². The molecule has 2 aromatic rings. The van der Waals surface area contributed by atoms with Gasteiger partial charge in [0.05, 0.1) is 0 Å². The molecule has 0 fully saturated rings. The number of halogens is 1. The maximum absolute atomic E-state index is 12.3. The van der Waals surface area contributed by atoms with E-state index >= 15 is 0 Å². The van der Waals surface area contributed by atoms with E-state index in [1.807, 2.05) is 30.3 Å². The molecule has 4 nitrogen and oxygen atoms in total. The summed E-state index contributed by atoms with van der Waals surface area (Å²) in [5, 5.41) is 2.96. The molecule has 0 bridgehead atoms. The van der Waals surface area contributed by atoms with E-state index in [1.165, 1.54) is 0 Å². The summed E-state index contributed by atoms with van der Waals surface area (Å²) in [5.41, 5.74) is 1.67. The van der Waals surface area contributed by atoms with Crippen molar-refractivity contribution in [3.8, 4) is 11.5 Å². The Labute approximate surface area is 134 Å². The molecule has 1 atom stereocenters. The molecule has 0 saturated heterocycles. The molecule has 114 valence electrons. The Bertz CT molecular complexity index is 660. The molecule has 0 unspecified atom stereocenters. The number of nitrogens with one attached hydrogen (secondary N) is 1. The molecular weight excluding hydrogens is 302 g/mol. The Morgan fingerprint density at radius 1 is 1.14 bits per heavy atom. The molecule has 1 heterocycles. The third kappa shape index (κ3) is 3.34. The highest BCUT2D eigenvalue weighted by molar-refractivity contribution is 6.18. The minimum atomic E-state index is -0.167. The molecule has 1 N–H and O–H groups in total. The highest BCUT2D eigenvalue weighted by Crippen LogP contribution is 2.32. The minimum absolute atomic E-state index is 0.123. The zero-order valence-corrected chi connectivity index (χ0v) is 12.7. The van der Waals surface area contributed by atoms with Crippen molar-refractivity contribution in [3.05, 3.63) is 59.7 Å². The van der Waals surface area contributed by atoms with E-state index in [1.54, 1.807) is 18.2 Å². The van der Waals surface area contributed by atoms with Crippen molar-refractivity contribution in [2.24, 2.45) is 0 Å². The first-order valence-corrected chi connectivity index (χ1v) is 7.60. The normalized spacial score (nSPS) is 13.7. The lowest BCUT2D eigenvalue weighted by Gasteiger charge is -2.16. The van der Waals surface area contributed by atoms with Gasteiger partial charge in [-0.05, 0) is 30.2 Å². The van der Waals surface area contributed by atoms with Crippen LogP contribution in [0.3, 0.4) is 0 Å². The lowest BCUT2D eigenvalue weighted by atomic mass is 10.1. The van der Waals surface area contributed by atoms with Crippen LogP contribution < -0.4 is 14.8 Å². The number of hydrogen-bond acceptors (Lipinski definition) is 3. The number of ether oxygens (including phenoxy) is 2. The van der Waals surface area contributed by atoms with Gasteiger partial charge in [-0.3, -0.25) is 4.79 Å². The van der Waals surface area contributed by atoms with Crippen LogP contribution in [0.25, 0.3) is 0 Å². The van der Waals surface area contributed by atoms with Crippen LogP contribution in [0.1, 0.15) is 15.9 Å². The molecule has 0 saturated carbocycles. The summed E-state index contributed by atoms with van der Waals surface area (Å²) in [5.74, 6) is 1.44. The van der Waals surface area contributed by atoms with E-state index < -0.39 is 0 Å². The zero-order chi connectivity index (χ0) is 15.4. The average molecular weight is 318 g/mol. The third-order valence-corrected chi connectivity index (χ3v) is 3.85. The zero-order valence-electron chi connectivity index (χ0n) is 11.9. The monoisotopic (exact) mass is 317 g/mol. The molecule has 5 heteroatoms. The molecule has 1 aliphatic rings. The van der Waals surface area contributed by atoms with Crippen molar-refractivity contribution in [1.82, 2.24) is 5.32 Å². The Balaban J connectivity index is 1.67. The Morgan fingerprint density at radius 3 is 2.68 bits per heavy atom. The Kier molecular flexibility index (Phi) is 4.49. The lowest BCUT2D eigenvalue weighted by molar-refractivity contribution is 0.0940. The maximum atomic E-state index is 12.3. The maximum Gasteiger partial charge on any atom is 0.251 e. The van der Waals surface area contributed by atoms with Gasteiger partial charge in [0.1, 0.15) is 0 Å². The fourth-order valence-electron chi connectivity index (χ4n) is 2.35. The standard InChI is InChI=1S/C17H16ClNO3/c18-10-14(8-12-4-2-1-3-5-12)19-17(20)13-6-7-15-16(9-13)22-11-21-15/h1-7,9,14H,8,10-11H2,(H,19,20)/t14-/m0/s1. The predicted octanol–water partition coefficient (Wildman–Crippen LogP) is 3.00. The molecule has 1 amide bonds. The summed E-state index contributed by atoms with van der Waals surface area (Å²) in [6.07, 6.45) is 0.695. The smallest absolute Gasteiger partial charge is 0.251 e. The van der Waals surface area contributed by atoms with E-state index in [-0.39, 0.29) is 18.7 Å². The van der Waals surface area contributed by atoms with Gasteiger partial charge in [0.2, 0.25) is 6.79 Å². The fourth-order valence-corrected chi connectivity index (χ4v) is 2.54. The first kappa shape index (κ1) is 14.7. The van der Waals surface area contributed by atoms with Crippen molar-refractivity contribution >= 4 is 17.5 Å². The summed E-state index contributed by atoms with van der Waals surface area (Å²) < 4.78 is 10.5. The van der Waals surface area contributed by atoms with Gasteiger partial charge in [0, 0.05) is 17.5 Å². The van der Waals surface area contributed by atoms with Crippen LogP contribution >= 0.6 is 11.6 Å². The van der Waals surface area contributed by atoms with Crippen molar-refractivity contribution in [2.75, 3.05) is 12.7 Å². The SMILES string of the molecule is O=C(N[C@H](CCl)Cc1ccccc1)c1ccc2c(c1)OCO2. The van der Waals surface area contributed by atoms with Crippen LogP contribution in [0.2, 0.25) is 0 Å². The van der Waals surface area contributed by atoms with Gasteiger partial charge < -0.3 is 14.8 Å². The number of carbonyl (C=O) groups excluding carboxylic acids is 1. The van der Waals surface area contributed by atoms with Gasteiger partial charge in [-0.2, -0.15) is 0 Å². The van der Waals surface area contributed by atoms with Crippen LogP contribution in [-0.2, 0) is 6.42 Å². The number of benzene rings is 2. The molecule has 0 radical (unpaired) electrons. The van der Waals surface area contributed by atoms with Gasteiger partial charge in [0.25, 0.3) is 5.91 Å². The summed E-state index contributed by atoms with van der Waals surface area (Å²) in [6, 6.07) is 15.0. The molecule has 0 spiro atoms. The van der Waals surface area contributed by atoms with E-state index in [4.69, 9.17) is 21.1 Å². The van der Waals surface area contributed by atoms with Gasteiger partial charge >= 0.3 is 0 Å². The molecule has 0 aromatic heterocycles. The van der Waals surface area contributed by atoms with Crippen LogP contribution in [0.4, 0.5) is 0 Å². The largest absolute Gasteiger partial charge is 0.454 e. The van der Waals surface area contributed by atoms with Crippen molar-refractivity contribution in [3.63, 3.8) is 0 Å². The van der Waals surface area contributed by atoms with E-state index in [0.29, 0.717) is 29.4 Å². The minimum Gasteiger partial charge on any atom is -0.454 e. The average Bonchev–Trinajstić information content (AvgIpc) is 3.02. The molecule has 0 aliphatic carbocycles. The highest BCUT2D eigenvalue weighted by Gasteiger charge is 2.18. The highest BCUT2D eigenvalue weighted by atomic mass is 35.5. The Hall–Kier alpha value is -2.20.